The number of imidazole rings is 1. The zero-order valence-corrected chi connectivity index (χ0v) is 31.4. The fraction of sp³-hybridized carbons (Fsp3) is 0.625. The van der Waals surface area contributed by atoms with Gasteiger partial charge in [0.1, 0.15) is 36.3 Å². The van der Waals surface area contributed by atoms with Gasteiger partial charge >= 0.3 is 5.97 Å². The van der Waals surface area contributed by atoms with E-state index in [0.717, 1.165) is 13.8 Å². The number of aliphatic imine (C=N–C) groups is 1. The summed E-state index contributed by atoms with van der Waals surface area (Å²) in [5, 5.41) is 56.4. The Labute approximate surface area is 326 Å². The molecule has 0 radical (unpaired) electrons. The predicted molar refractivity (Wildman–Crippen MR) is 197 cm³/mol. The van der Waals surface area contributed by atoms with Crippen LogP contribution >= 0.6 is 0 Å². The molecule has 9 atom stereocenters. The summed E-state index contributed by atoms with van der Waals surface area (Å²) in [6, 6.07) is -10.5. The van der Waals surface area contributed by atoms with Gasteiger partial charge in [-0.2, -0.15) is 0 Å². The molecule has 1 saturated heterocycles. The highest BCUT2D eigenvalue weighted by Gasteiger charge is 2.37. The monoisotopic (exact) mass is 811 g/mol. The number of aliphatic hydroxyl groups is 3. The molecule has 2 heterocycles. The second kappa shape index (κ2) is 23.2. The van der Waals surface area contributed by atoms with Crippen molar-refractivity contribution >= 4 is 53.3 Å². The highest BCUT2D eigenvalue weighted by atomic mass is 16.4. The van der Waals surface area contributed by atoms with Crippen LogP contribution in [0.2, 0.25) is 0 Å². The Bertz CT molecular complexity index is 1580. The molecule has 1 aromatic rings. The first kappa shape index (κ1) is 47.2. The number of carboxylic acid groups (broad SMARTS) is 1. The highest BCUT2D eigenvalue weighted by molar-refractivity contribution is 5.98. The minimum absolute atomic E-state index is 0.0163. The maximum atomic E-state index is 13.7. The molecule has 25 heteroatoms. The van der Waals surface area contributed by atoms with E-state index in [9.17, 15) is 58.8 Å². The van der Waals surface area contributed by atoms with Crippen LogP contribution in [0.25, 0.3) is 0 Å². The van der Waals surface area contributed by atoms with Crippen LogP contribution in [-0.4, -0.2) is 158 Å². The fourth-order valence-electron chi connectivity index (χ4n) is 5.49. The van der Waals surface area contributed by atoms with Gasteiger partial charge in [-0.25, -0.2) is 9.78 Å². The quantitative estimate of drug-likeness (QED) is 0.0262. The van der Waals surface area contributed by atoms with Crippen molar-refractivity contribution in [3.63, 3.8) is 0 Å². The summed E-state index contributed by atoms with van der Waals surface area (Å²) in [5.41, 5.74) is 16.4. The molecule has 1 aliphatic heterocycles. The summed E-state index contributed by atoms with van der Waals surface area (Å²) in [4.78, 5) is 113. The average Bonchev–Trinajstić information content (AvgIpc) is 3.87. The van der Waals surface area contributed by atoms with Crippen LogP contribution < -0.4 is 54.4 Å². The molecule has 1 aromatic heterocycles. The van der Waals surface area contributed by atoms with Gasteiger partial charge in [0, 0.05) is 24.9 Å². The van der Waals surface area contributed by atoms with Crippen molar-refractivity contribution in [2.45, 2.75) is 107 Å². The van der Waals surface area contributed by atoms with Crippen molar-refractivity contribution in [3.8, 4) is 0 Å². The maximum absolute atomic E-state index is 13.7. The van der Waals surface area contributed by atoms with Crippen LogP contribution in [0.3, 0.4) is 0 Å². The average molecular weight is 812 g/mol. The molecule has 57 heavy (non-hydrogen) atoms. The number of hydrogen-bond donors (Lipinski definition) is 15. The number of nitrogens with two attached hydrogens (primary N) is 3. The summed E-state index contributed by atoms with van der Waals surface area (Å²) in [5.74, 6) is -8.78. The zero-order chi connectivity index (χ0) is 42.8. The first-order valence-electron chi connectivity index (χ1n) is 17.9. The molecule has 1 fully saturated rings. The van der Waals surface area contributed by atoms with E-state index < -0.39 is 115 Å². The molecular formula is C32H53N13O12. The third kappa shape index (κ3) is 16.0. The van der Waals surface area contributed by atoms with Crippen molar-refractivity contribution in [2.24, 2.45) is 22.2 Å². The van der Waals surface area contributed by atoms with E-state index in [1.54, 1.807) is 0 Å². The van der Waals surface area contributed by atoms with Crippen LogP contribution in [0.4, 0.5) is 0 Å². The highest BCUT2D eigenvalue weighted by Crippen LogP contribution is 2.08. The van der Waals surface area contributed by atoms with Crippen LogP contribution in [-0.2, 0) is 44.8 Å². The summed E-state index contributed by atoms with van der Waals surface area (Å²) in [7, 11) is 0. The molecule has 0 unspecified atom stereocenters. The molecule has 0 aliphatic carbocycles. The number of primary amides is 1. The van der Waals surface area contributed by atoms with E-state index in [0.29, 0.717) is 25.1 Å². The number of carboxylic acids is 1. The maximum Gasteiger partial charge on any atom is 0.328 e. The van der Waals surface area contributed by atoms with Crippen molar-refractivity contribution in [3.05, 3.63) is 18.2 Å². The number of aromatic amines is 1. The van der Waals surface area contributed by atoms with E-state index in [2.05, 4.69) is 52.2 Å². The Morgan fingerprint density at radius 3 is 1.89 bits per heavy atom. The number of carbonyl (C=O) groups is 8. The molecule has 2 rings (SSSR count). The SMILES string of the molecule is C[C@@H](O)[C@H](NC(=O)[C@H](CC(N)=O)NC(=O)[C@@H]1CCCN1)C(=O)N[C@H](C(=O)N[C@@H](CCCN=C(N)N)C(=O)N[C@@H](Cc1cnc[nH]1)C(=O)N[C@@H](CO)C(=O)O)[C@@H](C)O. The Morgan fingerprint density at radius 2 is 1.39 bits per heavy atom. The summed E-state index contributed by atoms with van der Waals surface area (Å²) in [6.45, 7) is 1.81. The van der Waals surface area contributed by atoms with Crippen molar-refractivity contribution in [1.29, 1.82) is 0 Å². The normalized spacial score (nSPS) is 17.8. The number of aromatic nitrogens is 2. The van der Waals surface area contributed by atoms with Gasteiger partial charge < -0.3 is 79.8 Å². The number of aliphatic carboxylic acids is 1. The first-order valence-corrected chi connectivity index (χ1v) is 17.9. The van der Waals surface area contributed by atoms with Gasteiger partial charge in [0.05, 0.1) is 37.6 Å². The summed E-state index contributed by atoms with van der Waals surface area (Å²) < 4.78 is 0. The predicted octanol–water partition coefficient (Wildman–Crippen LogP) is -7.62. The molecule has 318 valence electrons. The molecular weight excluding hydrogens is 758 g/mol. The zero-order valence-electron chi connectivity index (χ0n) is 31.4. The van der Waals surface area contributed by atoms with Crippen LogP contribution in [0.5, 0.6) is 0 Å². The number of aliphatic hydroxyl groups excluding tert-OH is 3. The van der Waals surface area contributed by atoms with E-state index in [1.165, 1.54) is 12.5 Å². The molecule has 0 aromatic carbocycles. The molecule has 7 amide bonds. The van der Waals surface area contributed by atoms with Crippen LogP contribution in [0.1, 0.15) is 51.6 Å². The fourth-order valence-corrected chi connectivity index (χ4v) is 5.49. The third-order valence-electron chi connectivity index (χ3n) is 8.53. The van der Waals surface area contributed by atoms with Gasteiger partial charge in [0.15, 0.2) is 5.96 Å². The minimum Gasteiger partial charge on any atom is -0.480 e. The van der Waals surface area contributed by atoms with Gasteiger partial charge in [-0.3, -0.25) is 38.6 Å². The number of guanidine groups is 1. The summed E-state index contributed by atoms with van der Waals surface area (Å²) in [6.07, 6.45) is -0.518. The van der Waals surface area contributed by atoms with Gasteiger partial charge in [0.25, 0.3) is 0 Å². The largest absolute Gasteiger partial charge is 0.480 e. The van der Waals surface area contributed by atoms with Crippen LogP contribution in [0.15, 0.2) is 17.5 Å². The lowest BCUT2D eigenvalue weighted by molar-refractivity contribution is -0.143. The van der Waals surface area contributed by atoms with E-state index in [1.807, 2.05) is 0 Å². The Kier molecular flexibility index (Phi) is 19.2. The minimum atomic E-state index is -1.83. The van der Waals surface area contributed by atoms with Gasteiger partial charge in [-0.1, -0.05) is 0 Å². The second-order valence-electron chi connectivity index (χ2n) is 13.3. The number of carbonyl (C=O) groups excluding carboxylic acids is 7. The lowest BCUT2D eigenvalue weighted by atomic mass is 10.0. The summed E-state index contributed by atoms with van der Waals surface area (Å²) >= 11 is 0. The molecule has 0 saturated carbocycles. The van der Waals surface area contributed by atoms with E-state index >= 15 is 0 Å². The number of nitrogens with one attached hydrogen (secondary N) is 8. The molecule has 0 bridgehead atoms. The first-order chi connectivity index (χ1) is 26.8. The van der Waals surface area contributed by atoms with Crippen molar-refractivity contribution < 1.29 is 58.8 Å². The number of H-pyrrole nitrogens is 1. The number of hydrogen-bond acceptors (Lipinski definition) is 14. The molecule has 0 spiro atoms. The van der Waals surface area contributed by atoms with Gasteiger partial charge in [-0.15, -0.1) is 0 Å². The Morgan fingerprint density at radius 1 is 0.825 bits per heavy atom. The standard InChI is InChI=1S/C32H53N13O12/c1-14(47)23(45-30(55)24(15(2)48)44-28(53)20(10-22(33)49)42-25(50)17-5-3-7-37-17)29(54)40-18(6-4-8-38-32(34)35)26(51)41-19(9-16-11-36-13-39-16)27(52)43-21(12-46)31(56)57/h11,13-15,17-21,23-24,37,46-48H,3-10,12H2,1-2H3,(H2,33,49)(H,36,39)(H,40,54)(H,41,51)(H,42,50)(H,43,52)(H,44,53)(H,45,55)(H,56,57)(H4,34,35,38)/t14-,15-,17+,18+,19+,20+,21+,23+,24+/m1/s1. The van der Waals surface area contributed by atoms with Gasteiger partial charge in [-0.05, 0) is 46.1 Å². The third-order valence-corrected chi connectivity index (χ3v) is 8.53. The van der Waals surface area contributed by atoms with Crippen molar-refractivity contribution in [2.75, 3.05) is 19.7 Å². The van der Waals surface area contributed by atoms with E-state index in [4.69, 9.17) is 17.2 Å². The van der Waals surface area contributed by atoms with Crippen LogP contribution in [0, 0.1) is 0 Å². The molecule has 25 nitrogen and oxygen atoms in total. The smallest absolute Gasteiger partial charge is 0.328 e. The number of nitrogens with zero attached hydrogens (tertiary/aromatic N) is 2. The molecule has 1 aliphatic rings. The van der Waals surface area contributed by atoms with E-state index in [-0.39, 0.29) is 31.8 Å². The van der Waals surface area contributed by atoms with Gasteiger partial charge in [0.2, 0.25) is 41.4 Å². The number of rotatable bonds is 24. The number of amides is 7. The molecule has 18 N–H and O–H groups in total. The second-order valence-corrected chi connectivity index (χ2v) is 13.3. The van der Waals surface area contributed by atoms with Crippen molar-refractivity contribution in [1.82, 2.24) is 47.2 Å². The Balaban J connectivity index is 2.30. The topological polar surface area (TPSA) is 421 Å². The lowest BCUT2D eigenvalue weighted by Crippen LogP contribution is -2.63. The Hall–Kier alpha value is -5.92. The lowest BCUT2D eigenvalue weighted by Gasteiger charge is -2.29.